The van der Waals surface area contributed by atoms with Crippen molar-refractivity contribution in [2.45, 2.75) is 31.8 Å². The van der Waals surface area contributed by atoms with Crippen LogP contribution >= 0.6 is 0 Å². The van der Waals surface area contributed by atoms with E-state index in [4.69, 9.17) is 0 Å². The summed E-state index contributed by atoms with van der Waals surface area (Å²) in [6, 6.07) is 7.17. The zero-order valence-electron chi connectivity index (χ0n) is 17.0. The molecule has 2 N–H and O–H groups in total. The number of halogens is 3. The highest BCUT2D eigenvalue weighted by Gasteiger charge is 2.31. The fraction of sp³-hybridized carbons (Fsp3) is 0.316. The first-order chi connectivity index (χ1) is 14.5. The van der Waals surface area contributed by atoms with Crippen molar-refractivity contribution >= 4 is 15.8 Å². The van der Waals surface area contributed by atoms with Crippen LogP contribution in [0.5, 0.6) is 0 Å². The van der Waals surface area contributed by atoms with E-state index in [9.17, 15) is 21.6 Å². The van der Waals surface area contributed by atoms with Gasteiger partial charge < -0.3 is 5.32 Å². The van der Waals surface area contributed by atoms with Crippen LogP contribution in [0.3, 0.4) is 0 Å². The van der Waals surface area contributed by atoms with Gasteiger partial charge in [0.1, 0.15) is 11.6 Å². The van der Waals surface area contributed by atoms with Crippen molar-refractivity contribution in [3.63, 3.8) is 0 Å². The number of sulfonamides is 1. The Morgan fingerprint density at radius 3 is 2.42 bits per heavy atom. The molecule has 0 aliphatic heterocycles. The second-order valence-corrected chi connectivity index (χ2v) is 8.61. The van der Waals surface area contributed by atoms with Gasteiger partial charge in [0.05, 0.1) is 16.2 Å². The summed E-state index contributed by atoms with van der Waals surface area (Å²) < 4.78 is 67.0. The van der Waals surface area contributed by atoms with E-state index < -0.39 is 26.7 Å². The number of aryl methyl sites for hydroxylation is 3. The third-order valence-electron chi connectivity index (χ3n) is 4.25. The van der Waals surface area contributed by atoms with Gasteiger partial charge in [0.2, 0.25) is 10.0 Å². The Kier molecular flexibility index (Phi) is 6.32. The molecule has 12 heteroatoms. The maximum absolute atomic E-state index is 12.8. The molecule has 0 saturated heterocycles. The number of nitrogens with one attached hydrogen (secondary N) is 2. The molecular formula is C19H21F3N6O2S. The molecule has 0 amide bonds. The van der Waals surface area contributed by atoms with Crippen LogP contribution in [0.25, 0.3) is 5.82 Å². The van der Waals surface area contributed by atoms with Gasteiger partial charge in [-0.15, -0.1) is 0 Å². The van der Waals surface area contributed by atoms with Gasteiger partial charge in [-0.3, -0.25) is 0 Å². The van der Waals surface area contributed by atoms with Crippen molar-refractivity contribution in [1.82, 2.24) is 24.5 Å². The van der Waals surface area contributed by atoms with Gasteiger partial charge in [0, 0.05) is 24.8 Å². The number of nitrogens with zero attached hydrogens (tertiary/aromatic N) is 4. The zero-order chi connectivity index (χ0) is 22.8. The molecular weight excluding hydrogens is 433 g/mol. The highest BCUT2D eigenvalue weighted by atomic mass is 32.2. The number of alkyl halides is 3. The molecule has 0 saturated carbocycles. The van der Waals surface area contributed by atoms with E-state index in [-0.39, 0.29) is 13.1 Å². The van der Waals surface area contributed by atoms with Crippen LogP contribution in [0, 0.1) is 20.8 Å². The van der Waals surface area contributed by atoms with Crippen LogP contribution in [0.15, 0.2) is 41.3 Å². The van der Waals surface area contributed by atoms with Crippen LogP contribution in [0.1, 0.15) is 22.8 Å². The molecule has 2 heterocycles. The Balaban J connectivity index is 1.65. The highest BCUT2D eigenvalue weighted by Crippen LogP contribution is 2.30. The lowest BCUT2D eigenvalue weighted by Gasteiger charge is -2.12. The molecule has 0 bridgehead atoms. The molecule has 0 radical (unpaired) electrons. The average molecular weight is 454 g/mol. The third kappa shape index (κ3) is 5.58. The first-order valence-corrected chi connectivity index (χ1v) is 10.7. The number of benzene rings is 1. The largest absolute Gasteiger partial charge is 0.416 e. The highest BCUT2D eigenvalue weighted by molar-refractivity contribution is 7.89. The van der Waals surface area contributed by atoms with E-state index in [1.54, 1.807) is 17.7 Å². The standard InChI is InChI=1S/C19H21F3N6O2S/c1-12-9-13(2)28(27-12)18-11-17(25-14(3)26-18)23-7-8-24-31(29,30)16-6-4-5-15(10-16)19(20,21)22/h4-6,9-11,24H,7-8H2,1-3H3,(H,23,25,26). The minimum absolute atomic E-state index is 0.0587. The van der Waals surface area contributed by atoms with Crippen molar-refractivity contribution in [2.75, 3.05) is 18.4 Å². The first kappa shape index (κ1) is 22.7. The lowest BCUT2D eigenvalue weighted by Crippen LogP contribution is -2.29. The van der Waals surface area contributed by atoms with Gasteiger partial charge >= 0.3 is 6.18 Å². The lowest BCUT2D eigenvalue weighted by atomic mass is 10.2. The van der Waals surface area contributed by atoms with Crippen LogP contribution < -0.4 is 10.0 Å². The summed E-state index contributed by atoms with van der Waals surface area (Å²) in [5.41, 5.74) is 0.712. The number of hydrogen-bond donors (Lipinski definition) is 2. The summed E-state index contributed by atoms with van der Waals surface area (Å²) in [6.07, 6.45) is -4.62. The summed E-state index contributed by atoms with van der Waals surface area (Å²) in [6.45, 7) is 5.58. The fourth-order valence-corrected chi connectivity index (χ4v) is 3.99. The molecule has 8 nitrogen and oxygen atoms in total. The summed E-state index contributed by atoms with van der Waals surface area (Å²) in [5.74, 6) is 1.52. The molecule has 3 rings (SSSR count). The normalized spacial score (nSPS) is 12.2. The van der Waals surface area contributed by atoms with Gasteiger partial charge in [-0.2, -0.15) is 18.3 Å². The first-order valence-electron chi connectivity index (χ1n) is 9.26. The van der Waals surface area contributed by atoms with Gasteiger partial charge in [0.25, 0.3) is 0 Å². The average Bonchev–Trinajstić information content (AvgIpc) is 3.02. The predicted octanol–water partition coefficient (Wildman–Crippen LogP) is 3.00. The minimum atomic E-state index is -4.62. The van der Waals surface area contributed by atoms with E-state index in [2.05, 4.69) is 25.1 Å². The Labute approximate surface area is 177 Å². The third-order valence-corrected chi connectivity index (χ3v) is 5.70. The molecule has 1 aromatic carbocycles. The zero-order valence-corrected chi connectivity index (χ0v) is 17.8. The Bertz CT molecular complexity index is 1190. The molecule has 3 aromatic rings. The predicted molar refractivity (Wildman–Crippen MR) is 108 cm³/mol. The van der Waals surface area contributed by atoms with Crippen molar-refractivity contribution in [3.8, 4) is 5.82 Å². The number of anilines is 1. The number of aromatic nitrogens is 4. The minimum Gasteiger partial charge on any atom is -0.369 e. The van der Waals surface area contributed by atoms with Crippen molar-refractivity contribution < 1.29 is 21.6 Å². The van der Waals surface area contributed by atoms with Gasteiger partial charge in [-0.25, -0.2) is 27.8 Å². The van der Waals surface area contributed by atoms with Gasteiger partial charge in [-0.05, 0) is 45.0 Å². The summed E-state index contributed by atoms with van der Waals surface area (Å²) in [5, 5.41) is 7.36. The lowest BCUT2D eigenvalue weighted by molar-refractivity contribution is -0.137. The van der Waals surface area contributed by atoms with Crippen molar-refractivity contribution in [1.29, 1.82) is 0 Å². The number of rotatable bonds is 7. The summed E-state index contributed by atoms with van der Waals surface area (Å²) in [4.78, 5) is 8.17. The quantitative estimate of drug-likeness (QED) is 0.532. The van der Waals surface area contributed by atoms with E-state index >= 15 is 0 Å². The second-order valence-electron chi connectivity index (χ2n) is 6.85. The van der Waals surface area contributed by atoms with E-state index in [1.165, 1.54) is 0 Å². The molecule has 0 unspecified atom stereocenters. The molecule has 0 fully saturated rings. The summed E-state index contributed by atoms with van der Waals surface area (Å²) in [7, 11) is -4.10. The monoisotopic (exact) mass is 454 g/mol. The molecule has 0 atom stereocenters. The van der Waals surface area contributed by atoms with Crippen molar-refractivity contribution in [2.24, 2.45) is 0 Å². The van der Waals surface area contributed by atoms with Crippen LogP contribution in [0.4, 0.5) is 19.0 Å². The topological polar surface area (TPSA) is 102 Å². The molecule has 31 heavy (non-hydrogen) atoms. The fourth-order valence-electron chi connectivity index (χ4n) is 2.91. The maximum Gasteiger partial charge on any atom is 0.416 e. The molecule has 2 aromatic heterocycles. The van der Waals surface area contributed by atoms with Crippen LogP contribution in [-0.2, 0) is 16.2 Å². The van der Waals surface area contributed by atoms with Gasteiger partial charge in [-0.1, -0.05) is 6.07 Å². The van der Waals surface area contributed by atoms with Gasteiger partial charge in [0.15, 0.2) is 5.82 Å². The molecule has 0 aliphatic carbocycles. The van der Waals surface area contributed by atoms with E-state index in [0.29, 0.717) is 23.5 Å². The molecule has 166 valence electrons. The van der Waals surface area contributed by atoms with Crippen molar-refractivity contribution in [3.05, 3.63) is 59.2 Å². The SMILES string of the molecule is Cc1cc(C)n(-c2cc(NCCNS(=O)(=O)c3cccc(C(F)(F)F)c3)nc(C)n2)n1. The second kappa shape index (κ2) is 8.63. The summed E-state index contributed by atoms with van der Waals surface area (Å²) >= 11 is 0. The van der Waals surface area contributed by atoms with Crippen LogP contribution in [0.2, 0.25) is 0 Å². The molecule has 0 spiro atoms. The van der Waals surface area contributed by atoms with Crippen LogP contribution in [-0.4, -0.2) is 41.3 Å². The maximum atomic E-state index is 12.8. The number of hydrogen-bond acceptors (Lipinski definition) is 6. The Hall–Kier alpha value is -2.99. The van der Waals surface area contributed by atoms with E-state index in [1.807, 2.05) is 19.9 Å². The van der Waals surface area contributed by atoms with E-state index in [0.717, 1.165) is 29.6 Å². The smallest absolute Gasteiger partial charge is 0.369 e. The Morgan fingerprint density at radius 2 is 1.77 bits per heavy atom. The Morgan fingerprint density at radius 1 is 1.03 bits per heavy atom. The molecule has 0 aliphatic rings.